The second kappa shape index (κ2) is 7.30. The van der Waals surface area contributed by atoms with Gasteiger partial charge in [-0.25, -0.2) is 0 Å². The molecule has 0 heterocycles. The predicted molar refractivity (Wildman–Crippen MR) is 88.3 cm³/mol. The number of nitro benzene ring substituents is 1. The predicted octanol–water partition coefficient (Wildman–Crippen LogP) is 4.31. The van der Waals surface area contributed by atoms with E-state index in [-0.39, 0.29) is 5.69 Å². The number of nitrogens with one attached hydrogen (secondary N) is 1. The first-order valence-electron chi connectivity index (χ1n) is 6.54. The summed E-state index contributed by atoms with van der Waals surface area (Å²) in [6.07, 6.45) is -0.816. The first kappa shape index (κ1) is 17.1. The third-order valence-electron chi connectivity index (χ3n) is 2.92. The summed E-state index contributed by atoms with van der Waals surface area (Å²) in [7, 11) is 0. The van der Waals surface area contributed by atoms with Gasteiger partial charge in [0.15, 0.2) is 6.10 Å². The van der Waals surface area contributed by atoms with E-state index in [1.807, 2.05) is 0 Å². The lowest BCUT2D eigenvalue weighted by Crippen LogP contribution is -2.30. The van der Waals surface area contributed by atoms with Gasteiger partial charge in [-0.15, -0.1) is 0 Å². The van der Waals surface area contributed by atoms with Gasteiger partial charge in [-0.1, -0.05) is 23.2 Å². The Balaban J connectivity index is 2.00. The molecule has 2 aromatic carbocycles. The van der Waals surface area contributed by atoms with Gasteiger partial charge in [-0.2, -0.15) is 0 Å². The molecule has 1 amide bonds. The molecule has 1 N–H and O–H groups in total. The van der Waals surface area contributed by atoms with E-state index in [0.717, 1.165) is 0 Å². The molecular formula is C15H12Cl2N2O4. The van der Waals surface area contributed by atoms with Crippen LogP contribution in [-0.2, 0) is 4.79 Å². The van der Waals surface area contributed by atoms with E-state index in [1.165, 1.54) is 30.3 Å². The Morgan fingerprint density at radius 3 is 2.43 bits per heavy atom. The summed E-state index contributed by atoms with van der Waals surface area (Å²) < 4.78 is 5.44. The Hall–Kier alpha value is -2.31. The van der Waals surface area contributed by atoms with Crippen LogP contribution < -0.4 is 10.1 Å². The third kappa shape index (κ3) is 4.58. The zero-order valence-corrected chi connectivity index (χ0v) is 13.5. The molecule has 0 aliphatic heterocycles. The standard InChI is InChI=1S/C15H12Cl2N2O4/c1-9(23-12-5-3-11(4-6-12)19(21)22)15(20)18-14-7-2-10(16)8-13(14)17/h2-9H,1H3,(H,18,20). The minimum Gasteiger partial charge on any atom is -0.481 e. The molecule has 120 valence electrons. The van der Waals surface area contributed by atoms with Gasteiger partial charge in [-0.3, -0.25) is 14.9 Å². The summed E-state index contributed by atoms with van der Waals surface area (Å²) in [4.78, 5) is 22.2. The van der Waals surface area contributed by atoms with Crippen LogP contribution in [0.2, 0.25) is 10.0 Å². The number of benzene rings is 2. The van der Waals surface area contributed by atoms with Crippen LogP contribution in [0.5, 0.6) is 5.75 Å². The van der Waals surface area contributed by atoms with Crippen molar-refractivity contribution in [2.24, 2.45) is 0 Å². The van der Waals surface area contributed by atoms with Crippen molar-refractivity contribution in [3.8, 4) is 5.75 Å². The molecule has 6 nitrogen and oxygen atoms in total. The molecular weight excluding hydrogens is 343 g/mol. The number of rotatable bonds is 5. The van der Waals surface area contributed by atoms with Gasteiger partial charge in [0.1, 0.15) is 5.75 Å². The molecule has 23 heavy (non-hydrogen) atoms. The summed E-state index contributed by atoms with van der Waals surface area (Å²) in [5, 5.41) is 14.0. The number of non-ortho nitro benzene ring substituents is 1. The quantitative estimate of drug-likeness (QED) is 0.640. The lowest BCUT2D eigenvalue weighted by Gasteiger charge is -2.15. The summed E-state index contributed by atoms with van der Waals surface area (Å²) in [5.74, 6) is -0.0620. The molecule has 0 aliphatic rings. The van der Waals surface area contributed by atoms with Crippen LogP contribution >= 0.6 is 23.2 Å². The number of ether oxygens (including phenoxy) is 1. The summed E-state index contributed by atoms with van der Waals surface area (Å²) >= 11 is 11.8. The maximum atomic E-state index is 12.1. The van der Waals surface area contributed by atoms with Gasteiger partial charge >= 0.3 is 0 Å². The zero-order chi connectivity index (χ0) is 17.0. The van der Waals surface area contributed by atoms with Crippen LogP contribution in [0, 0.1) is 10.1 Å². The van der Waals surface area contributed by atoms with Crippen LogP contribution in [0.1, 0.15) is 6.92 Å². The van der Waals surface area contributed by atoms with Crippen LogP contribution in [0.25, 0.3) is 0 Å². The molecule has 2 rings (SSSR count). The molecule has 0 aliphatic carbocycles. The number of carbonyl (C=O) groups is 1. The number of amides is 1. The smallest absolute Gasteiger partial charge is 0.269 e. The number of hydrogen-bond acceptors (Lipinski definition) is 4. The van der Waals surface area contributed by atoms with Gasteiger partial charge in [0, 0.05) is 17.2 Å². The van der Waals surface area contributed by atoms with Crippen molar-refractivity contribution in [1.29, 1.82) is 0 Å². The Kier molecular flexibility index (Phi) is 5.41. The number of carbonyl (C=O) groups excluding carboxylic acids is 1. The second-order valence-corrected chi connectivity index (χ2v) is 5.47. The van der Waals surface area contributed by atoms with Crippen molar-refractivity contribution < 1.29 is 14.5 Å². The maximum Gasteiger partial charge on any atom is 0.269 e. The maximum absolute atomic E-state index is 12.1. The van der Waals surface area contributed by atoms with Crippen molar-refractivity contribution >= 4 is 40.5 Å². The van der Waals surface area contributed by atoms with E-state index < -0.39 is 16.9 Å². The van der Waals surface area contributed by atoms with Gasteiger partial charge in [0.05, 0.1) is 15.6 Å². The molecule has 1 unspecified atom stereocenters. The highest BCUT2D eigenvalue weighted by atomic mass is 35.5. The first-order valence-corrected chi connectivity index (χ1v) is 7.29. The minimum atomic E-state index is -0.816. The topological polar surface area (TPSA) is 81.5 Å². The van der Waals surface area contributed by atoms with E-state index in [9.17, 15) is 14.9 Å². The highest BCUT2D eigenvalue weighted by Crippen LogP contribution is 2.26. The number of nitro groups is 1. The molecule has 0 bridgehead atoms. The van der Waals surface area contributed by atoms with Crippen molar-refractivity contribution in [2.75, 3.05) is 5.32 Å². The zero-order valence-electron chi connectivity index (χ0n) is 12.0. The van der Waals surface area contributed by atoms with Crippen molar-refractivity contribution in [1.82, 2.24) is 0 Å². The van der Waals surface area contributed by atoms with Gasteiger partial charge in [0.25, 0.3) is 11.6 Å². The summed E-state index contributed by atoms with van der Waals surface area (Å²) in [5.41, 5.74) is 0.364. The van der Waals surface area contributed by atoms with E-state index >= 15 is 0 Å². The molecule has 0 fully saturated rings. The third-order valence-corrected chi connectivity index (χ3v) is 3.47. The van der Waals surface area contributed by atoms with E-state index in [1.54, 1.807) is 19.1 Å². The highest BCUT2D eigenvalue weighted by Gasteiger charge is 2.16. The van der Waals surface area contributed by atoms with E-state index in [2.05, 4.69) is 5.32 Å². The molecule has 0 radical (unpaired) electrons. The lowest BCUT2D eigenvalue weighted by atomic mass is 10.3. The number of halogens is 2. The van der Waals surface area contributed by atoms with Gasteiger partial charge < -0.3 is 10.1 Å². The van der Waals surface area contributed by atoms with Crippen LogP contribution in [0.4, 0.5) is 11.4 Å². The fourth-order valence-electron chi connectivity index (χ4n) is 1.73. The molecule has 0 spiro atoms. The average Bonchev–Trinajstić information content (AvgIpc) is 2.50. The molecule has 1 atom stereocenters. The van der Waals surface area contributed by atoms with Crippen LogP contribution in [-0.4, -0.2) is 16.9 Å². The van der Waals surface area contributed by atoms with E-state index in [4.69, 9.17) is 27.9 Å². The first-order chi connectivity index (χ1) is 10.9. The van der Waals surface area contributed by atoms with Crippen molar-refractivity contribution in [3.05, 3.63) is 62.6 Å². The summed E-state index contributed by atoms with van der Waals surface area (Å²) in [6.45, 7) is 1.56. The average molecular weight is 355 g/mol. The number of nitrogens with zero attached hydrogens (tertiary/aromatic N) is 1. The number of anilines is 1. The molecule has 8 heteroatoms. The minimum absolute atomic E-state index is 0.0533. The fraction of sp³-hybridized carbons (Fsp3) is 0.133. The molecule has 2 aromatic rings. The number of hydrogen-bond donors (Lipinski definition) is 1. The van der Waals surface area contributed by atoms with Gasteiger partial charge in [-0.05, 0) is 37.3 Å². The Morgan fingerprint density at radius 2 is 1.87 bits per heavy atom. The fourth-order valence-corrected chi connectivity index (χ4v) is 2.19. The van der Waals surface area contributed by atoms with Crippen molar-refractivity contribution in [3.63, 3.8) is 0 Å². The molecule has 0 saturated heterocycles. The van der Waals surface area contributed by atoms with E-state index in [0.29, 0.717) is 21.5 Å². The van der Waals surface area contributed by atoms with Crippen LogP contribution in [0.15, 0.2) is 42.5 Å². The summed E-state index contributed by atoms with van der Waals surface area (Å²) in [6, 6.07) is 10.2. The molecule has 0 saturated carbocycles. The lowest BCUT2D eigenvalue weighted by molar-refractivity contribution is -0.384. The Bertz CT molecular complexity index is 735. The Labute approximate surface area is 142 Å². The van der Waals surface area contributed by atoms with Gasteiger partial charge in [0.2, 0.25) is 0 Å². The second-order valence-electron chi connectivity index (χ2n) is 4.62. The SMILES string of the molecule is CC(Oc1ccc([N+](=O)[O-])cc1)C(=O)Nc1ccc(Cl)cc1Cl. The van der Waals surface area contributed by atoms with Crippen LogP contribution in [0.3, 0.4) is 0 Å². The highest BCUT2D eigenvalue weighted by molar-refractivity contribution is 6.36. The monoisotopic (exact) mass is 354 g/mol. The normalized spacial score (nSPS) is 11.6. The van der Waals surface area contributed by atoms with Crippen molar-refractivity contribution in [2.45, 2.75) is 13.0 Å². The Morgan fingerprint density at radius 1 is 1.22 bits per heavy atom. The molecule has 0 aromatic heterocycles. The largest absolute Gasteiger partial charge is 0.481 e.